The Morgan fingerprint density at radius 2 is 2.07 bits per heavy atom. The Morgan fingerprint density at radius 1 is 1.14 bits per heavy atom. The zero-order valence-corrected chi connectivity index (χ0v) is 7.90. The van der Waals surface area contributed by atoms with E-state index >= 15 is 0 Å². The van der Waals surface area contributed by atoms with E-state index in [9.17, 15) is 0 Å². The molecule has 0 saturated carbocycles. The first kappa shape index (κ1) is 7.94. The Labute approximate surface area is 83.0 Å². The molecule has 14 heavy (non-hydrogen) atoms. The number of para-hydroxylation sites is 1. The fourth-order valence-electron chi connectivity index (χ4n) is 1.94. The molecule has 1 aliphatic heterocycles. The van der Waals surface area contributed by atoms with Crippen molar-refractivity contribution in [3.63, 3.8) is 0 Å². The van der Waals surface area contributed by atoms with Crippen LogP contribution >= 0.6 is 0 Å². The molecule has 2 heterocycles. The molecular formula is C12H11N2. The highest BCUT2D eigenvalue weighted by Gasteiger charge is 2.11. The Balaban J connectivity index is 2.27. The standard InChI is InChI=1S/C12H11N2/c1-2-4-11-9(3-1)7-10-8-13-6-5-12(10)14-11/h1-4,7H,5-6,8H2. The van der Waals surface area contributed by atoms with Crippen LogP contribution in [0.4, 0.5) is 0 Å². The number of benzene rings is 1. The van der Waals surface area contributed by atoms with Gasteiger partial charge in [-0.15, -0.1) is 0 Å². The predicted molar refractivity (Wildman–Crippen MR) is 56.2 cm³/mol. The molecule has 1 radical (unpaired) electrons. The average molecular weight is 183 g/mol. The molecule has 0 spiro atoms. The lowest BCUT2D eigenvalue weighted by Crippen LogP contribution is -2.18. The van der Waals surface area contributed by atoms with E-state index in [1.165, 1.54) is 16.6 Å². The van der Waals surface area contributed by atoms with E-state index < -0.39 is 0 Å². The molecule has 69 valence electrons. The minimum absolute atomic E-state index is 0.840. The van der Waals surface area contributed by atoms with Gasteiger partial charge in [-0.05, 0) is 17.7 Å². The topological polar surface area (TPSA) is 27.0 Å². The monoisotopic (exact) mass is 183 g/mol. The number of pyridine rings is 1. The maximum atomic E-state index is 4.66. The number of fused-ring (bicyclic) bond motifs is 2. The molecule has 0 unspecified atom stereocenters. The summed E-state index contributed by atoms with van der Waals surface area (Å²) in [4.78, 5) is 4.66. The van der Waals surface area contributed by atoms with Crippen LogP contribution in [0.15, 0.2) is 30.3 Å². The van der Waals surface area contributed by atoms with Crippen molar-refractivity contribution < 1.29 is 0 Å². The van der Waals surface area contributed by atoms with Crippen LogP contribution in [0.5, 0.6) is 0 Å². The number of hydrogen-bond donors (Lipinski definition) is 0. The van der Waals surface area contributed by atoms with E-state index in [1.54, 1.807) is 0 Å². The van der Waals surface area contributed by atoms with Gasteiger partial charge in [-0.25, -0.2) is 5.32 Å². The predicted octanol–water partition coefficient (Wildman–Crippen LogP) is 1.90. The van der Waals surface area contributed by atoms with Crippen LogP contribution in [-0.4, -0.2) is 11.5 Å². The van der Waals surface area contributed by atoms with Crippen molar-refractivity contribution in [3.05, 3.63) is 41.6 Å². The number of hydrogen-bond acceptors (Lipinski definition) is 1. The summed E-state index contributed by atoms with van der Waals surface area (Å²) in [6, 6.07) is 10.5. The van der Waals surface area contributed by atoms with Crippen molar-refractivity contribution >= 4 is 10.9 Å². The van der Waals surface area contributed by atoms with E-state index in [2.05, 4.69) is 34.6 Å². The second-order valence-electron chi connectivity index (χ2n) is 3.64. The lowest BCUT2D eigenvalue weighted by atomic mass is 10.0. The Bertz CT molecular complexity index is 432. The largest absolute Gasteiger partial charge is 0.252 e. The van der Waals surface area contributed by atoms with Crippen LogP contribution in [-0.2, 0) is 13.0 Å². The fraction of sp³-hybridized carbons (Fsp3) is 0.250. The molecule has 0 aliphatic carbocycles. The first-order valence-electron chi connectivity index (χ1n) is 4.94. The Hall–Kier alpha value is -1.41. The first-order chi connectivity index (χ1) is 6.93. The van der Waals surface area contributed by atoms with Crippen LogP contribution in [0.2, 0.25) is 0 Å². The van der Waals surface area contributed by atoms with Gasteiger partial charge in [0.05, 0.1) is 5.52 Å². The molecule has 1 aromatic carbocycles. The lowest BCUT2D eigenvalue weighted by molar-refractivity contribution is 0.620. The molecular weight excluding hydrogens is 172 g/mol. The molecule has 0 fully saturated rings. The Kier molecular flexibility index (Phi) is 1.74. The highest BCUT2D eigenvalue weighted by Crippen LogP contribution is 2.19. The smallest absolute Gasteiger partial charge is 0.0705 e. The van der Waals surface area contributed by atoms with Crippen molar-refractivity contribution in [2.24, 2.45) is 0 Å². The maximum absolute atomic E-state index is 4.66. The summed E-state index contributed by atoms with van der Waals surface area (Å²) >= 11 is 0. The number of rotatable bonds is 0. The molecule has 1 aliphatic rings. The van der Waals surface area contributed by atoms with Crippen LogP contribution in [0, 0.1) is 0 Å². The quantitative estimate of drug-likeness (QED) is 0.612. The summed E-state index contributed by atoms with van der Waals surface area (Å²) in [5, 5.41) is 5.61. The summed E-state index contributed by atoms with van der Waals surface area (Å²) < 4.78 is 0. The fourth-order valence-corrected chi connectivity index (χ4v) is 1.94. The van der Waals surface area contributed by atoms with Gasteiger partial charge in [-0.1, -0.05) is 18.2 Å². The summed E-state index contributed by atoms with van der Waals surface area (Å²) in [5.41, 5.74) is 3.64. The van der Waals surface area contributed by atoms with Gasteiger partial charge in [0.25, 0.3) is 0 Å². The van der Waals surface area contributed by atoms with Crippen molar-refractivity contribution in [2.45, 2.75) is 13.0 Å². The molecule has 2 nitrogen and oxygen atoms in total. The Morgan fingerprint density at radius 3 is 3.07 bits per heavy atom. The third-order valence-electron chi connectivity index (χ3n) is 2.68. The van der Waals surface area contributed by atoms with Gasteiger partial charge in [0, 0.05) is 30.6 Å². The molecule has 0 amide bonds. The highest BCUT2D eigenvalue weighted by molar-refractivity contribution is 5.79. The minimum Gasteiger partial charge on any atom is -0.252 e. The maximum Gasteiger partial charge on any atom is 0.0705 e. The summed E-state index contributed by atoms with van der Waals surface area (Å²) in [6.07, 6.45) is 1.00. The second-order valence-corrected chi connectivity index (χ2v) is 3.64. The SMILES string of the molecule is c1ccc2nc3c(cc2c1)C[N]CC3. The van der Waals surface area contributed by atoms with Gasteiger partial charge in [0.1, 0.15) is 0 Å². The molecule has 0 saturated heterocycles. The van der Waals surface area contributed by atoms with E-state index in [4.69, 9.17) is 0 Å². The molecule has 0 atom stereocenters. The molecule has 2 aromatic rings. The summed E-state index contributed by atoms with van der Waals surface area (Å²) in [6.45, 7) is 1.77. The second kappa shape index (κ2) is 3.07. The highest BCUT2D eigenvalue weighted by atomic mass is 14.9. The van der Waals surface area contributed by atoms with Gasteiger partial charge >= 0.3 is 0 Å². The van der Waals surface area contributed by atoms with Gasteiger partial charge < -0.3 is 0 Å². The zero-order chi connectivity index (χ0) is 9.38. The van der Waals surface area contributed by atoms with Crippen molar-refractivity contribution in [3.8, 4) is 0 Å². The van der Waals surface area contributed by atoms with Gasteiger partial charge in [-0.3, -0.25) is 4.98 Å². The van der Waals surface area contributed by atoms with Crippen LogP contribution in [0.25, 0.3) is 10.9 Å². The normalized spacial score (nSPS) is 15.4. The molecule has 2 heteroatoms. The summed E-state index contributed by atoms with van der Waals surface area (Å²) in [5.74, 6) is 0. The van der Waals surface area contributed by atoms with E-state index in [-0.39, 0.29) is 0 Å². The average Bonchev–Trinajstić information content (AvgIpc) is 2.26. The van der Waals surface area contributed by atoms with E-state index in [0.717, 1.165) is 25.0 Å². The lowest BCUT2D eigenvalue weighted by Gasteiger charge is -2.15. The van der Waals surface area contributed by atoms with Gasteiger partial charge in [0.15, 0.2) is 0 Å². The van der Waals surface area contributed by atoms with Crippen LogP contribution in [0.3, 0.4) is 0 Å². The van der Waals surface area contributed by atoms with Crippen molar-refractivity contribution in [1.29, 1.82) is 0 Å². The van der Waals surface area contributed by atoms with Crippen LogP contribution < -0.4 is 5.32 Å². The molecule has 0 N–H and O–H groups in total. The third-order valence-corrected chi connectivity index (χ3v) is 2.68. The van der Waals surface area contributed by atoms with Crippen molar-refractivity contribution in [1.82, 2.24) is 10.3 Å². The van der Waals surface area contributed by atoms with Crippen LogP contribution in [0.1, 0.15) is 11.3 Å². The van der Waals surface area contributed by atoms with Gasteiger partial charge in [0.2, 0.25) is 0 Å². The molecule has 3 rings (SSSR count). The van der Waals surface area contributed by atoms with E-state index in [1.807, 2.05) is 6.07 Å². The number of aromatic nitrogens is 1. The molecule has 0 bridgehead atoms. The van der Waals surface area contributed by atoms with E-state index in [0.29, 0.717) is 0 Å². The van der Waals surface area contributed by atoms with Gasteiger partial charge in [-0.2, -0.15) is 0 Å². The van der Waals surface area contributed by atoms with Crippen molar-refractivity contribution in [2.75, 3.05) is 6.54 Å². The zero-order valence-electron chi connectivity index (χ0n) is 7.90. The minimum atomic E-state index is 0.840. The summed E-state index contributed by atoms with van der Waals surface area (Å²) in [7, 11) is 0. The number of nitrogens with zero attached hydrogens (tertiary/aromatic N) is 2. The molecule has 1 aromatic heterocycles. The first-order valence-corrected chi connectivity index (χ1v) is 4.94. The third kappa shape index (κ3) is 1.19.